The average Bonchev–Trinajstić information content (AvgIpc) is 3.42. The van der Waals surface area contributed by atoms with Gasteiger partial charge in [0.05, 0.1) is 19.3 Å². The van der Waals surface area contributed by atoms with Crippen LogP contribution in [0.3, 0.4) is 0 Å². The highest BCUT2D eigenvalue weighted by molar-refractivity contribution is 5.77. The second-order valence-electron chi connectivity index (χ2n) is 8.36. The number of hydrogen-bond acceptors (Lipinski definition) is 6. The van der Waals surface area contributed by atoms with Crippen molar-refractivity contribution >= 4 is 5.91 Å². The third-order valence-electron chi connectivity index (χ3n) is 6.47. The fourth-order valence-corrected chi connectivity index (χ4v) is 4.91. The molecule has 9 heteroatoms. The van der Waals surface area contributed by atoms with Gasteiger partial charge in [0, 0.05) is 25.2 Å². The van der Waals surface area contributed by atoms with Crippen molar-refractivity contribution in [3.8, 4) is 17.6 Å². The van der Waals surface area contributed by atoms with Gasteiger partial charge < -0.3 is 14.4 Å². The number of amides is 1. The number of nitriles is 1. The zero-order valence-corrected chi connectivity index (χ0v) is 17.7. The molecule has 5 rings (SSSR count). The molecule has 0 N–H and O–H groups in total. The van der Waals surface area contributed by atoms with Crippen LogP contribution in [0.1, 0.15) is 48.5 Å². The molecule has 1 aromatic carbocycles. The minimum Gasteiger partial charge on any atom is -0.490 e. The van der Waals surface area contributed by atoms with E-state index in [0.29, 0.717) is 56.3 Å². The maximum Gasteiger partial charge on any atom is 0.331 e. The standard InChI is InChI=1S/C23H24N4O5/c24-13-16-18-5-2-9-26(18)23(30)27(22(16)29)14-21(28)25-8-1-4-17(25)15-6-7-19-20(12-15)32-11-3-10-31-19/h6-7,12,17H,1-5,8-11,14H2. The number of nitrogens with zero attached hydrogens (tertiary/aromatic N) is 4. The molecule has 0 saturated carbocycles. The molecule has 1 amide bonds. The van der Waals surface area contributed by atoms with E-state index < -0.39 is 11.2 Å². The van der Waals surface area contributed by atoms with Gasteiger partial charge in [0.15, 0.2) is 11.5 Å². The summed E-state index contributed by atoms with van der Waals surface area (Å²) in [4.78, 5) is 40.6. The van der Waals surface area contributed by atoms with Crippen molar-refractivity contribution in [3.63, 3.8) is 0 Å². The molecule has 2 aromatic rings. The van der Waals surface area contributed by atoms with Crippen LogP contribution in [0.15, 0.2) is 27.8 Å². The predicted molar refractivity (Wildman–Crippen MR) is 114 cm³/mol. The van der Waals surface area contributed by atoms with E-state index in [0.717, 1.165) is 29.4 Å². The van der Waals surface area contributed by atoms with Crippen molar-refractivity contribution < 1.29 is 14.3 Å². The first kappa shape index (κ1) is 20.4. The Morgan fingerprint density at radius 3 is 2.72 bits per heavy atom. The van der Waals surface area contributed by atoms with E-state index in [4.69, 9.17) is 9.47 Å². The monoisotopic (exact) mass is 436 g/mol. The molecule has 9 nitrogen and oxygen atoms in total. The fourth-order valence-electron chi connectivity index (χ4n) is 4.91. The van der Waals surface area contributed by atoms with Crippen LogP contribution in [0, 0.1) is 11.3 Å². The van der Waals surface area contributed by atoms with Crippen molar-refractivity contribution in [1.82, 2.24) is 14.0 Å². The van der Waals surface area contributed by atoms with Crippen molar-refractivity contribution in [1.29, 1.82) is 5.26 Å². The van der Waals surface area contributed by atoms with Crippen molar-refractivity contribution in [2.75, 3.05) is 19.8 Å². The van der Waals surface area contributed by atoms with Gasteiger partial charge in [-0.15, -0.1) is 0 Å². The first-order valence-corrected chi connectivity index (χ1v) is 11.0. The van der Waals surface area contributed by atoms with E-state index in [1.807, 2.05) is 24.3 Å². The van der Waals surface area contributed by atoms with Gasteiger partial charge in [0.2, 0.25) is 5.91 Å². The summed E-state index contributed by atoms with van der Waals surface area (Å²) >= 11 is 0. The quantitative estimate of drug-likeness (QED) is 0.719. The Bertz CT molecular complexity index is 1240. The van der Waals surface area contributed by atoms with E-state index >= 15 is 0 Å². The van der Waals surface area contributed by atoms with Crippen LogP contribution in [-0.4, -0.2) is 39.7 Å². The number of fused-ring (bicyclic) bond motifs is 2. The molecule has 1 fully saturated rings. The van der Waals surface area contributed by atoms with Crippen LogP contribution in [0.2, 0.25) is 0 Å². The lowest BCUT2D eigenvalue weighted by Crippen LogP contribution is -2.45. The maximum absolute atomic E-state index is 13.2. The molecule has 1 aromatic heterocycles. The summed E-state index contributed by atoms with van der Waals surface area (Å²) in [7, 11) is 0. The zero-order valence-electron chi connectivity index (χ0n) is 17.7. The molecule has 0 aliphatic carbocycles. The molecule has 3 aliphatic heterocycles. The number of benzene rings is 1. The van der Waals surface area contributed by atoms with Gasteiger partial charge >= 0.3 is 5.69 Å². The molecular weight excluding hydrogens is 412 g/mol. The lowest BCUT2D eigenvalue weighted by Gasteiger charge is -2.26. The summed E-state index contributed by atoms with van der Waals surface area (Å²) in [6.45, 7) is 1.82. The maximum atomic E-state index is 13.2. The van der Waals surface area contributed by atoms with Crippen LogP contribution in [0.25, 0.3) is 0 Å². The molecule has 166 valence electrons. The first-order valence-electron chi connectivity index (χ1n) is 11.0. The Balaban J connectivity index is 1.43. The second kappa shape index (κ2) is 8.19. The molecule has 1 atom stereocenters. The summed E-state index contributed by atoms with van der Waals surface area (Å²) in [5.41, 5.74) is 0.204. The molecule has 0 bridgehead atoms. The highest BCUT2D eigenvalue weighted by Gasteiger charge is 2.32. The Kier molecular flexibility index (Phi) is 5.21. The zero-order chi connectivity index (χ0) is 22.2. The van der Waals surface area contributed by atoms with Gasteiger partial charge in [-0.2, -0.15) is 5.26 Å². The number of hydrogen-bond donors (Lipinski definition) is 0. The van der Waals surface area contributed by atoms with E-state index in [-0.39, 0.29) is 24.1 Å². The van der Waals surface area contributed by atoms with Gasteiger partial charge in [-0.05, 0) is 43.4 Å². The molecule has 0 radical (unpaired) electrons. The number of carbonyl (C=O) groups excluding carboxylic acids is 1. The summed E-state index contributed by atoms with van der Waals surface area (Å²) in [5.74, 6) is 1.07. The van der Waals surface area contributed by atoms with Gasteiger partial charge in [-0.3, -0.25) is 14.2 Å². The molecule has 3 aliphatic rings. The Labute approximate surface area is 184 Å². The Morgan fingerprint density at radius 2 is 1.91 bits per heavy atom. The predicted octanol–water partition coefficient (Wildman–Crippen LogP) is 1.35. The number of likely N-dealkylation sites (tertiary alicyclic amines) is 1. The summed E-state index contributed by atoms with van der Waals surface area (Å²) in [5, 5.41) is 9.46. The van der Waals surface area contributed by atoms with Crippen LogP contribution >= 0.6 is 0 Å². The second-order valence-corrected chi connectivity index (χ2v) is 8.36. The van der Waals surface area contributed by atoms with Crippen molar-refractivity contribution in [2.24, 2.45) is 0 Å². The number of ether oxygens (including phenoxy) is 2. The Morgan fingerprint density at radius 1 is 1.09 bits per heavy atom. The average molecular weight is 436 g/mol. The van der Waals surface area contributed by atoms with E-state index in [9.17, 15) is 19.6 Å². The normalized spacial score (nSPS) is 19.3. The third-order valence-corrected chi connectivity index (χ3v) is 6.47. The smallest absolute Gasteiger partial charge is 0.331 e. The van der Waals surface area contributed by atoms with Gasteiger partial charge in [0.1, 0.15) is 18.2 Å². The molecule has 1 saturated heterocycles. The summed E-state index contributed by atoms with van der Waals surface area (Å²) in [6.07, 6.45) is 3.66. The van der Waals surface area contributed by atoms with Crippen molar-refractivity contribution in [3.05, 3.63) is 55.9 Å². The first-order chi connectivity index (χ1) is 15.6. The van der Waals surface area contributed by atoms with Crippen LogP contribution in [0.5, 0.6) is 11.5 Å². The van der Waals surface area contributed by atoms with Gasteiger partial charge in [-0.1, -0.05) is 6.07 Å². The fraction of sp³-hybridized carbons (Fsp3) is 0.478. The topological polar surface area (TPSA) is 107 Å². The highest BCUT2D eigenvalue weighted by atomic mass is 16.5. The molecule has 0 spiro atoms. The van der Waals surface area contributed by atoms with E-state index in [1.54, 1.807) is 4.90 Å². The van der Waals surface area contributed by atoms with Crippen LogP contribution in [-0.2, 0) is 24.3 Å². The largest absolute Gasteiger partial charge is 0.490 e. The minimum atomic E-state index is -0.676. The van der Waals surface area contributed by atoms with E-state index in [1.165, 1.54) is 4.57 Å². The third kappa shape index (κ3) is 3.36. The molecule has 32 heavy (non-hydrogen) atoms. The number of rotatable bonds is 3. The summed E-state index contributed by atoms with van der Waals surface area (Å²) < 4.78 is 13.9. The molecule has 1 unspecified atom stereocenters. The summed E-state index contributed by atoms with van der Waals surface area (Å²) in [6, 6.07) is 7.49. The minimum absolute atomic E-state index is 0.0317. The Hall–Kier alpha value is -3.54. The molecule has 4 heterocycles. The SMILES string of the molecule is N#Cc1c2n(c(=O)n(CC(=O)N3CCCC3c3ccc4c(c3)OCCCO4)c1=O)CCC2. The number of aromatic nitrogens is 2. The van der Waals surface area contributed by atoms with Crippen LogP contribution in [0.4, 0.5) is 0 Å². The van der Waals surface area contributed by atoms with E-state index in [2.05, 4.69) is 0 Å². The van der Waals surface area contributed by atoms with Gasteiger partial charge in [0.25, 0.3) is 5.56 Å². The van der Waals surface area contributed by atoms with Crippen LogP contribution < -0.4 is 20.7 Å². The number of carbonyl (C=O) groups is 1. The molecular formula is C23H24N4O5. The lowest BCUT2D eigenvalue weighted by atomic mass is 10.0. The highest BCUT2D eigenvalue weighted by Crippen LogP contribution is 2.38. The lowest BCUT2D eigenvalue weighted by molar-refractivity contribution is -0.132. The van der Waals surface area contributed by atoms with Gasteiger partial charge in [-0.25, -0.2) is 9.36 Å². The van der Waals surface area contributed by atoms with Crippen molar-refractivity contribution in [2.45, 2.75) is 51.2 Å².